The number of phenols is 3. The summed E-state index contributed by atoms with van der Waals surface area (Å²) in [5, 5.41) is 51.4. The van der Waals surface area contributed by atoms with E-state index in [0.29, 0.717) is 22.6 Å². The molecule has 0 aliphatic heterocycles. The number of thioether (sulfide) groups is 1. The molecule has 8 bridgehead atoms. The average molecular weight is 789 g/mol. The van der Waals surface area contributed by atoms with Gasteiger partial charge in [0.25, 0.3) is 0 Å². The maximum absolute atomic E-state index is 14.0. The van der Waals surface area contributed by atoms with Gasteiger partial charge in [-0.1, -0.05) is 42.0 Å². The van der Waals surface area contributed by atoms with Crippen molar-refractivity contribution in [1.29, 1.82) is 0 Å². The van der Waals surface area contributed by atoms with Crippen molar-refractivity contribution in [2.45, 2.75) is 48.8 Å². The van der Waals surface area contributed by atoms with Crippen LogP contribution in [0.5, 0.6) is 23.0 Å². The van der Waals surface area contributed by atoms with Crippen molar-refractivity contribution in [3.8, 4) is 34.1 Å². The molecule has 282 valence electrons. The van der Waals surface area contributed by atoms with E-state index in [0.717, 1.165) is 29.8 Å². The normalized spacial score (nSPS) is 13.0. The molecule has 0 spiro atoms. The molecule has 0 aromatic heterocycles. The number of carbonyl (C=O) groups is 1. The van der Waals surface area contributed by atoms with Gasteiger partial charge in [-0.25, -0.2) is 16.8 Å². The number of aromatic hydroxyl groups is 3. The third kappa shape index (κ3) is 8.35. The molecule has 0 fully saturated rings. The third-order valence-electron chi connectivity index (χ3n) is 9.30. The summed E-state index contributed by atoms with van der Waals surface area (Å²) in [5.41, 5.74) is 2.82. The summed E-state index contributed by atoms with van der Waals surface area (Å²) >= 11 is 1.47. The van der Waals surface area contributed by atoms with E-state index in [1.165, 1.54) is 11.8 Å². The Kier molecular flexibility index (Phi) is 10.7. The second kappa shape index (κ2) is 15.0. The van der Waals surface area contributed by atoms with Crippen LogP contribution in [0.2, 0.25) is 0 Å². The van der Waals surface area contributed by atoms with Gasteiger partial charge in [-0.15, -0.1) is 17.5 Å². The molecule has 0 atom stereocenters. The smallest absolute Gasteiger partial charge is 0.225 e. The van der Waals surface area contributed by atoms with Gasteiger partial charge in [-0.05, 0) is 111 Å². The molecule has 12 nitrogen and oxygen atoms in total. The van der Waals surface area contributed by atoms with Gasteiger partial charge < -0.3 is 34.8 Å². The van der Waals surface area contributed by atoms with Gasteiger partial charge in [-0.3, -0.25) is 4.79 Å². The van der Waals surface area contributed by atoms with Gasteiger partial charge in [-0.2, -0.15) is 0 Å². The van der Waals surface area contributed by atoms with Gasteiger partial charge in [0.1, 0.15) is 37.5 Å². The van der Waals surface area contributed by atoms with E-state index >= 15 is 0 Å². The second-order valence-corrected chi connectivity index (χ2v) is 16.9. The zero-order valence-electron chi connectivity index (χ0n) is 29.0. The number of aryl methyl sites for hydroxylation is 1. The summed E-state index contributed by atoms with van der Waals surface area (Å²) < 4.78 is 74.0. The van der Waals surface area contributed by atoms with Crippen LogP contribution in [0.4, 0.5) is 0 Å². The topological polar surface area (TPSA) is 227 Å². The predicted molar refractivity (Wildman–Crippen MR) is 198 cm³/mol. The number of hydrogen-bond acceptors (Lipinski definition) is 12. The average Bonchev–Trinajstić information content (AvgIpc) is 3.09. The van der Waals surface area contributed by atoms with Crippen molar-refractivity contribution in [2.24, 2.45) is 0 Å². The molecule has 0 heterocycles. The van der Waals surface area contributed by atoms with Crippen molar-refractivity contribution in [3.63, 3.8) is 0 Å². The lowest BCUT2D eigenvalue weighted by Crippen LogP contribution is -2.24. The molecule has 4 N–H and O–H groups in total. The standard InChI is InChI=1S/C39H37NO11S3/c1-21-7-25-12-29-16-33(53(46,47)48)18-31(38(29)44)14-27-10-24(23-5-3-22(4-6-23)9-35(41)40-20-52-2)11-28(37(27)43)15-32-19-34(54(49,50)51)17-30(39(32)45)13-26(8-21)36(25)42/h3-8,10-11,16-19,42-45H,9,12-15,20H2,1-2H3,(H,40,41)(H,46,47,48)(H,49,50,51)/p-3. The largest absolute Gasteiger partial charge is 0.872 e. The zero-order chi connectivity index (χ0) is 39.1. The van der Waals surface area contributed by atoms with E-state index in [2.05, 4.69) is 5.32 Å². The first-order valence-corrected chi connectivity index (χ1v) is 20.7. The number of benzene rings is 5. The van der Waals surface area contributed by atoms with Crippen LogP contribution >= 0.6 is 11.8 Å². The van der Waals surface area contributed by atoms with Gasteiger partial charge in [0.2, 0.25) is 5.91 Å². The number of phenolic OH excluding ortho intramolecular Hbond substituents is 3. The van der Waals surface area contributed by atoms with Crippen molar-refractivity contribution in [3.05, 3.63) is 128 Å². The maximum Gasteiger partial charge on any atom is 0.225 e. The van der Waals surface area contributed by atoms with Crippen LogP contribution in [0.25, 0.3) is 11.1 Å². The van der Waals surface area contributed by atoms with Crippen LogP contribution in [-0.4, -0.2) is 59.3 Å². The molecule has 1 amide bonds. The molecule has 0 saturated carbocycles. The number of hydrogen-bond donors (Lipinski definition) is 4. The Balaban J connectivity index is 1.59. The first-order chi connectivity index (χ1) is 25.4. The summed E-state index contributed by atoms with van der Waals surface area (Å²) in [6, 6.07) is 17.2. The molecule has 1 aliphatic rings. The quantitative estimate of drug-likeness (QED) is 0.131. The Morgan fingerprint density at radius 3 is 1.46 bits per heavy atom. The van der Waals surface area contributed by atoms with Crippen LogP contribution < -0.4 is 10.4 Å². The fourth-order valence-corrected chi connectivity index (χ4v) is 8.16. The van der Waals surface area contributed by atoms with Crippen molar-refractivity contribution in [2.75, 3.05) is 12.1 Å². The Labute approximate surface area is 316 Å². The van der Waals surface area contributed by atoms with Crippen LogP contribution in [0, 0.1) is 6.92 Å². The van der Waals surface area contributed by atoms with E-state index in [4.69, 9.17) is 0 Å². The van der Waals surface area contributed by atoms with E-state index in [1.54, 1.807) is 55.5 Å². The predicted octanol–water partition coefficient (Wildman–Crippen LogP) is 4.32. The highest BCUT2D eigenvalue weighted by molar-refractivity contribution is 7.98. The molecule has 0 unspecified atom stereocenters. The van der Waals surface area contributed by atoms with E-state index < -0.39 is 35.8 Å². The highest BCUT2D eigenvalue weighted by Gasteiger charge is 2.22. The minimum Gasteiger partial charge on any atom is -0.872 e. The summed E-state index contributed by atoms with van der Waals surface area (Å²) in [5.74, 6) is -1.37. The minimum absolute atomic E-state index is 0.0138. The summed E-state index contributed by atoms with van der Waals surface area (Å²) in [4.78, 5) is 11.0. The lowest BCUT2D eigenvalue weighted by atomic mass is 9.89. The lowest BCUT2D eigenvalue weighted by Gasteiger charge is -2.24. The Hall–Kier alpha value is -5.06. The Morgan fingerprint density at radius 2 is 1.04 bits per heavy atom. The van der Waals surface area contributed by atoms with E-state index in [1.807, 2.05) is 6.26 Å². The zero-order valence-corrected chi connectivity index (χ0v) is 31.5. The highest BCUT2D eigenvalue weighted by atomic mass is 32.2. The lowest BCUT2D eigenvalue weighted by molar-refractivity contribution is -0.270. The fourth-order valence-electron chi connectivity index (χ4n) is 6.71. The Bertz CT molecular complexity index is 2400. The monoisotopic (exact) mass is 788 g/mol. The molecular weight excluding hydrogens is 755 g/mol. The SMILES string of the molecule is CSCNC(=O)Cc1ccc(-c2cc3c(O)c(c2)Cc2cc(S(=O)(=O)[O-])cc(c2O)Cc2cc(C)cc(c2O)Cc2cc(S(=O)(=O)[O-])cc(c2[O-])C3)cc1. The van der Waals surface area contributed by atoms with Gasteiger partial charge in [0.15, 0.2) is 0 Å². The number of amides is 1. The number of nitrogens with one attached hydrogen (secondary N) is 1. The summed E-state index contributed by atoms with van der Waals surface area (Å²) in [7, 11) is -10.1. The first kappa shape index (κ1) is 38.7. The van der Waals surface area contributed by atoms with Crippen molar-refractivity contribution < 1.29 is 51.2 Å². The fraction of sp³-hybridized carbons (Fsp3) is 0.205. The molecule has 6 rings (SSSR count). The molecule has 15 heteroatoms. The second-order valence-electron chi connectivity index (χ2n) is 13.3. The first-order valence-electron chi connectivity index (χ1n) is 16.5. The minimum atomic E-state index is -5.07. The molecule has 1 aliphatic carbocycles. The number of carbonyl (C=O) groups excluding carboxylic acids is 1. The molecule has 5 aromatic rings. The van der Waals surface area contributed by atoms with Crippen LogP contribution in [0.15, 0.2) is 82.6 Å². The number of fused-ring (bicyclic) bond motifs is 8. The molecule has 0 radical (unpaired) electrons. The molecule has 0 saturated heterocycles. The number of rotatable bonds is 7. The molecular formula is C39H34NO11S3-3. The summed E-state index contributed by atoms with van der Waals surface area (Å²) in [6.07, 6.45) is 0.763. The van der Waals surface area contributed by atoms with Gasteiger partial charge in [0.05, 0.1) is 22.1 Å². The van der Waals surface area contributed by atoms with Crippen molar-refractivity contribution in [1.82, 2.24) is 5.32 Å². The van der Waals surface area contributed by atoms with E-state index in [-0.39, 0.29) is 99.8 Å². The summed E-state index contributed by atoms with van der Waals surface area (Å²) in [6.45, 7) is 1.70. The van der Waals surface area contributed by atoms with Gasteiger partial charge in [0, 0.05) is 25.7 Å². The maximum atomic E-state index is 14.0. The van der Waals surface area contributed by atoms with Crippen molar-refractivity contribution >= 4 is 37.9 Å². The van der Waals surface area contributed by atoms with E-state index in [9.17, 15) is 51.2 Å². The van der Waals surface area contributed by atoms with Crippen LogP contribution in [0.1, 0.15) is 55.6 Å². The molecule has 54 heavy (non-hydrogen) atoms. The third-order valence-corrected chi connectivity index (χ3v) is 11.4. The van der Waals surface area contributed by atoms with Crippen LogP contribution in [0.3, 0.4) is 0 Å². The van der Waals surface area contributed by atoms with Gasteiger partial charge >= 0.3 is 0 Å². The highest BCUT2D eigenvalue weighted by Crippen LogP contribution is 2.40. The Morgan fingerprint density at radius 1 is 0.648 bits per heavy atom. The molecule has 5 aromatic carbocycles. The van der Waals surface area contributed by atoms with Crippen LogP contribution in [-0.2, 0) is 57.1 Å².